The van der Waals surface area contributed by atoms with Gasteiger partial charge in [-0.15, -0.1) is 0 Å². The van der Waals surface area contributed by atoms with Gasteiger partial charge in [-0.05, 0) is 39.5 Å². The Balaban J connectivity index is 1.53. The van der Waals surface area contributed by atoms with Gasteiger partial charge in [0.05, 0.1) is 0 Å². The van der Waals surface area contributed by atoms with E-state index in [1.165, 1.54) is 0 Å². The number of nitrogens with zero attached hydrogens (tertiary/aromatic N) is 3. The van der Waals surface area contributed by atoms with Crippen molar-refractivity contribution in [2.24, 2.45) is 5.92 Å². The third-order valence-corrected chi connectivity index (χ3v) is 5.04. The van der Waals surface area contributed by atoms with Gasteiger partial charge in [0, 0.05) is 49.5 Å². The van der Waals surface area contributed by atoms with Crippen molar-refractivity contribution in [2.45, 2.75) is 45.6 Å². The summed E-state index contributed by atoms with van der Waals surface area (Å²) >= 11 is 0. The summed E-state index contributed by atoms with van der Waals surface area (Å²) in [6, 6.07) is 0.293. The Labute approximate surface area is 137 Å². The molecule has 1 aromatic rings. The molecular weight excluding hydrogens is 292 g/mol. The summed E-state index contributed by atoms with van der Waals surface area (Å²) in [5.74, 6) is 1.35. The van der Waals surface area contributed by atoms with E-state index in [1.807, 2.05) is 6.92 Å². The predicted octanol–water partition coefficient (Wildman–Crippen LogP) is 1.61. The maximum absolute atomic E-state index is 12.4. The monoisotopic (exact) mass is 318 g/mol. The molecule has 6 nitrogen and oxygen atoms in total. The molecule has 3 rings (SSSR count). The number of carbonyl (C=O) groups is 1. The smallest absolute Gasteiger partial charge is 0.223 e. The average Bonchev–Trinajstić information content (AvgIpc) is 2.58. The Hall–Kier alpha value is -1.69. The highest BCUT2D eigenvalue weighted by Gasteiger charge is 2.28. The Bertz CT molecular complexity index is 550. The van der Waals surface area contributed by atoms with Crippen LogP contribution in [0.2, 0.25) is 0 Å². The molecule has 0 saturated carbocycles. The van der Waals surface area contributed by atoms with Gasteiger partial charge in [0.1, 0.15) is 12.1 Å². The number of anilines is 1. The largest absolute Gasteiger partial charge is 0.381 e. The first-order chi connectivity index (χ1) is 11.1. The Kier molecular flexibility index (Phi) is 5.10. The van der Waals surface area contributed by atoms with Crippen LogP contribution >= 0.6 is 0 Å². The van der Waals surface area contributed by atoms with E-state index in [4.69, 9.17) is 4.74 Å². The van der Waals surface area contributed by atoms with Gasteiger partial charge in [-0.3, -0.25) is 4.79 Å². The van der Waals surface area contributed by atoms with Crippen molar-refractivity contribution in [2.75, 3.05) is 31.2 Å². The number of aryl methyl sites for hydroxylation is 1. The van der Waals surface area contributed by atoms with Crippen molar-refractivity contribution >= 4 is 11.7 Å². The summed E-state index contributed by atoms with van der Waals surface area (Å²) in [6.07, 6.45) is 5.27. The van der Waals surface area contributed by atoms with Gasteiger partial charge in [0.2, 0.25) is 5.91 Å². The molecule has 23 heavy (non-hydrogen) atoms. The van der Waals surface area contributed by atoms with Crippen LogP contribution in [-0.2, 0) is 9.53 Å². The highest BCUT2D eigenvalue weighted by molar-refractivity contribution is 5.79. The van der Waals surface area contributed by atoms with Gasteiger partial charge >= 0.3 is 0 Å². The van der Waals surface area contributed by atoms with Crippen LogP contribution in [0, 0.1) is 19.8 Å². The van der Waals surface area contributed by atoms with Crippen molar-refractivity contribution in [3.05, 3.63) is 17.6 Å². The molecule has 2 fully saturated rings. The summed E-state index contributed by atoms with van der Waals surface area (Å²) in [6.45, 7) is 7.35. The number of carbonyl (C=O) groups excluding carboxylic acids is 1. The fourth-order valence-electron chi connectivity index (χ4n) is 3.36. The molecule has 0 atom stereocenters. The van der Waals surface area contributed by atoms with Crippen molar-refractivity contribution in [3.63, 3.8) is 0 Å². The molecule has 2 aliphatic rings. The fourth-order valence-corrected chi connectivity index (χ4v) is 3.36. The van der Waals surface area contributed by atoms with Crippen LogP contribution in [-0.4, -0.2) is 48.2 Å². The molecule has 126 valence electrons. The minimum Gasteiger partial charge on any atom is -0.381 e. The molecular formula is C17H26N4O2. The molecule has 0 unspecified atom stereocenters. The molecule has 0 aliphatic carbocycles. The fraction of sp³-hybridized carbons (Fsp3) is 0.706. The third kappa shape index (κ3) is 3.80. The Morgan fingerprint density at radius 2 is 1.87 bits per heavy atom. The normalized spacial score (nSPS) is 20.5. The lowest BCUT2D eigenvalue weighted by Crippen LogP contribution is -2.45. The van der Waals surface area contributed by atoms with E-state index in [9.17, 15) is 4.79 Å². The highest BCUT2D eigenvalue weighted by atomic mass is 16.5. The molecule has 0 spiro atoms. The second-order valence-corrected chi connectivity index (χ2v) is 6.56. The zero-order valence-electron chi connectivity index (χ0n) is 14.0. The molecule has 3 heterocycles. The van der Waals surface area contributed by atoms with Gasteiger partial charge in [0.25, 0.3) is 0 Å². The zero-order valence-corrected chi connectivity index (χ0v) is 14.0. The van der Waals surface area contributed by atoms with Crippen LogP contribution < -0.4 is 10.2 Å². The van der Waals surface area contributed by atoms with Crippen molar-refractivity contribution in [3.8, 4) is 0 Å². The van der Waals surface area contributed by atoms with Gasteiger partial charge in [-0.1, -0.05) is 0 Å². The van der Waals surface area contributed by atoms with Crippen LogP contribution in [0.15, 0.2) is 6.33 Å². The van der Waals surface area contributed by atoms with E-state index in [0.29, 0.717) is 6.04 Å². The van der Waals surface area contributed by atoms with Gasteiger partial charge in [-0.2, -0.15) is 0 Å². The molecule has 1 aromatic heterocycles. The molecule has 0 bridgehead atoms. The predicted molar refractivity (Wildman–Crippen MR) is 88.4 cm³/mol. The van der Waals surface area contributed by atoms with E-state index in [2.05, 4.69) is 27.1 Å². The number of amides is 1. The number of hydrogen-bond acceptors (Lipinski definition) is 5. The number of piperidine rings is 1. The summed E-state index contributed by atoms with van der Waals surface area (Å²) in [7, 11) is 0. The van der Waals surface area contributed by atoms with Crippen molar-refractivity contribution < 1.29 is 9.53 Å². The highest BCUT2D eigenvalue weighted by Crippen LogP contribution is 2.25. The van der Waals surface area contributed by atoms with Gasteiger partial charge in [0.15, 0.2) is 0 Å². The summed E-state index contributed by atoms with van der Waals surface area (Å²) in [5, 5.41) is 3.20. The van der Waals surface area contributed by atoms with Crippen LogP contribution in [0.5, 0.6) is 0 Å². The second kappa shape index (κ2) is 7.25. The van der Waals surface area contributed by atoms with Gasteiger partial charge < -0.3 is 15.0 Å². The molecule has 1 N–H and O–H groups in total. The SMILES string of the molecule is Cc1ncnc(N2CCC(C(=O)NC3CCOCC3)CC2)c1C. The van der Waals surface area contributed by atoms with Crippen LogP contribution in [0.25, 0.3) is 0 Å². The first-order valence-electron chi connectivity index (χ1n) is 8.56. The number of aromatic nitrogens is 2. The first-order valence-corrected chi connectivity index (χ1v) is 8.56. The average molecular weight is 318 g/mol. The summed E-state index contributed by atoms with van der Waals surface area (Å²) in [5.41, 5.74) is 2.16. The van der Waals surface area contributed by atoms with E-state index in [1.54, 1.807) is 6.33 Å². The Morgan fingerprint density at radius 3 is 2.57 bits per heavy atom. The van der Waals surface area contributed by atoms with Crippen molar-refractivity contribution in [1.29, 1.82) is 0 Å². The summed E-state index contributed by atoms with van der Waals surface area (Å²) < 4.78 is 5.34. The van der Waals surface area contributed by atoms with Crippen LogP contribution in [0.1, 0.15) is 36.9 Å². The molecule has 0 aromatic carbocycles. The van der Waals surface area contributed by atoms with Crippen LogP contribution in [0.3, 0.4) is 0 Å². The third-order valence-electron chi connectivity index (χ3n) is 5.04. The van der Waals surface area contributed by atoms with Crippen molar-refractivity contribution in [1.82, 2.24) is 15.3 Å². The minimum absolute atomic E-state index is 0.123. The number of ether oxygens (including phenoxy) is 1. The van der Waals surface area contributed by atoms with Crippen LogP contribution in [0.4, 0.5) is 5.82 Å². The lowest BCUT2D eigenvalue weighted by Gasteiger charge is -2.34. The number of rotatable bonds is 3. The molecule has 6 heteroatoms. The topological polar surface area (TPSA) is 67.4 Å². The molecule has 1 amide bonds. The van der Waals surface area contributed by atoms with E-state index in [0.717, 1.165) is 69.1 Å². The lowest BCUT2D eigenvalue weighted by atomic mass is 9.94. The minimum atomic E-state index is 0.123. The van der Waals surface area contributed by atoms with E-state index in [-0.39, 0.29) is 11.8 Å². The standard InChI is InChI=1S/C17H26N4O2/c1-12-13(2)18-11-19-16(12)21-7-3-14(4-8-21)17(22)20-15-5-9-23-10-6-15/h11,14-15H,3-10H2,1-2H3,(H,20,22). The first kappa shape index (κ1) is 16.2. The molecule has 2 aliphatic heterocycles. The maximum Gasteiger partial charge on any atom is 0.223 e. The number of nitrogens with one attached hydrogen (secondary N) is 1. The number of hydrogen-bond donors (Lipinski definition) is 1. The lowest BCUT2D eigenvalue weighted by molar-refractivity contribution is -0.126. The Morgan fingerprint density at radius 1 is 1.17 bits per heavy atom. The molecule has 2 saturated heterocycles. The second-order valence-electron chi connectivity index (χ2n) is 6.56. The quantitative estimate of drug-likeness (QED) is 0.917. The zero-order chi connectivity index (χ0) is 16.2. The van der Waals surface area contributed by atoms with E-state index >= 15 is 0 Å². The van der Waals surface area contributed by atoms with Gasteiger partial charge in [-0.25, -0.2) is 9.97 Å². The van der Waals surface area contributed by atoms with E-state index < -0.39 is 0 Å². The summed E-state index contributed by atoms with van der Waals surface area (Å²) in [4.78, 5) is 23.4. The molecule has 0 radical (unpaired) electrons. The maximum atomic E-state index is 12.4.